The lowest BCUT2D eigenvalue weighted by Crippen LogP contribution is -2.48. The van der Waals surface area contributed by atoms with Gasteiger partial charge in [-0.3, -0.25) is 9.59 Å². The van der Waals surface area contributed by atoms with Crippen molar-refractivity contribution in [3.05, 3.63) is 76.5 Å². The van der Waals surface area contributed by atoms with Crippen molar-refractivity contribution in [3.63, 3.8) is 0 Å². The Morgan fingerprint density at radius 2 is 2.13 bits per heavy atom. The summed E-state index contributed by atoms with van der Waals surface area (Å²) in [5, 5.41) is 2.83. The van der Waals surface area contributed by atoms with Gasteiger partial charge in [-0.15, -0.1) is 0 Å². The maximum atomic E-state index is 13.1. The molecule has 0 radical (unpaired) electrons. The van der Waals surface area contributed by atoms with Gasteiger partial charge in [-0.1, -0.05) is 0 Å². The molecule has 0 saturated carbocycles. The topological polar surface area (TPSA) is 93.3 Å². The number of furan rings is 1. The lowest BCUT2D eigenvalue weighted by Gasteiger charge is -2.43. The van der Waals surface area contributed by atoms with Crippen LogP contribution in [0.3, 0.4) is 0 Å². The zero-order valence-electron chi connectivity index (χ0n) is 16.5. The van der Waals surface area contributed by atoms with E-state index in [4.69, 9.17) is 4.42 Å². The van der Waals surface area contributed by atoms with E-state index in [2.05, 4.69) is 20.2 Å². The van der Waals surface area contributed by atoms with Gasteiger partial charge in [0.2, 0.25) is 0 Å². The van der Waals surface area contributed by atoms with Crippen LogP contribution in [0.4, 0.5) is 5.82 Å². The summed E-state index contributed by atoms with van der Waals surface area (Å²) in [5.41, 5.74) is 1.00. The number of anilines is 1. The van der Waals surface area contributed by atoms with Crippen LogP contribution < -0.4 is 15.8 Å². The number of fused-ring (bicyclic) bond motifs is 4. The number of rotatable bonds is 5. The highest BCUT2D eigenvalue weighted by atomic mass is 16.3. The molecule has 2 aliphatic rings. The average Bonchev–Trinajstić information content (AvgIpc) is 3.28. The Morgan fingerprint density at radius 1 is 1.20 bits per heavy atom. The Bertz CT molecular complexity index is 1090. The summed E-state index contributed by atoms with van der Waals surface area (Å²) in [6, 6.07) is 9.21. The second-order valence-corrected chi connectivity index (χ2v) is 7.94. The summed E-state index contributed by atoms with van der Waals surface area (Å²) < 4.78 is 7.08. The summed E-state index contributed by atoms with van der Waals surface area (Å²) in [5.74, 6) is 1.99. The number of piperidine rings is 1. The van der Waals surface area contributed by atoms with Gasteiger partial charge < -0.3 is 19.2 Å². The normalized spacial score (nSPS) is 19.9. The van der Waals surface area contributed by atoms with E-state index >= 15 is 0 Å². The fourth-order valence-electron chi connectivity index (χ4n) is 4.63. The van der Waals surface area contributed by atoms with Crippen LogP contribution in [0.5, 0.6) is 0 Å². The third kappa shape index (κ3) is 3.49. The van der Waals surface area contributed by atoms with Crippen molar-refractivity contribution < 1.29 is 9.21 Å². The minimum atomic E-state index is -0.333. The molecule has 30 heavy (non-hydrogen) atoms. The van der Waals surface area contributed by atoms with Crippen molar-refractivity contribution >= 4 is 11.7 Å². The van der Waals surface area contributed by atoms with Gasteiger partial charge in [-0.2, -0.15) is 0 Å². The highest BCUT2D eigenvalue weighted by molar-refractivity contribution is 5.93. The Balaban J connectivity index is 1.33. The molecule has 1 N–H and O–H groups in total. The van der Waals surface area contributed by atoms with Crippen LogP contribution in [-0.2, 0) is 13.0 Å². The number of carbonyl (C=O) groups is 1. The highest BCUT2D eigenvalue weighted by Gasteiger charge is 2.35. The third-order valence-electron chi connectivity index (χ3n) is 5.98. The number of aromatic nitrogens is 3. The SMILES string of the molecule is O=C(NCCc1ccco1)c1ccc2n(c1=O)C[C@H]1C[C@@H]2CN(c2ccncn2)C1. The molecule has 0 unspecified atom stereocenters. The van der Waals surface area contributed by atoms with Crippen LogP contribution in [0.2, 0.25) is 0 Å². The number of nitrogens with one attached hydrogen (secondary N) is 1. The lowest BCUT2D eigenvalue weighted by molar-refractivity contribution is 0.0951. The second-order valence-electron chi connectivity index (χ2n) is 7.94. The Kier molecular flexibility index (Phi) is 4.82. The van der Waals surface area contributed by atoms with Crippen molar-refractivity contribution in [2.24, 2.45) is 5.92 Å². The minimum absolute atomic E-state index is 0.200. The molecule has 0 spiro atoms. The quantitative estimate of drug-likeness (QED) is 0.696. The smallest absolute Gasteiger partial charge is 0.263 e. The molecular weight excluding hydrogens is 382 g/mol. The summed E-state index contributed by atoms with van der Waals surface area (Å²) in [7, 11) is 0. The molecule has 1 saturated heterocycles. The maximum absolute atomic E-state index is 13.1. The van der Waals surface area contributed by atoms with Crippen molar-refractivity contribution in [1.82, 2.24) is 19.9 Å². The molecule has 154 valence electrons. The number of carbonyl (C=O) groups excluding carboxylic acids is 1. The zero-order valence-corrected chi connectivity index (χ0v) is 16.5. The zero-order chi connectivity index (χ0) is 20.5. The Morgan fingerprint density at radius 3 is 2.93 bits per heavy atom. The number of hydrogen-bond donors (Lipinski definition) is 1. The van der Waals surface area contributed by atoms with Gasteiger partial charge in [0.15, 0.2) is 0 Å². The molecule has 0 aliphatic carbocycles. The first-order valence-corrected chi connectivity index (χ1v) is 10.2. The number of amides is 1. The van der Waals surface area contributed by atoms with Crippen LogP contribution in [0, 0.1) is 5.92 Å². The Labute approximate surface area is 173 Å². The molecule has 3 aromatic rings. The van der Waals surface area contributed by atoms with Crippen molar-refractivity contribution in [3.8, 4) is 0 Å². The van der Waals surface area contributed by atoms with E-state index in [-0.39, 0.29) is 22.9 Å². The van der Waals surface area contributed by atoms with Crippen molar-refractivity contribution in [1.29, 1.82) is 0 Å². The van der Waals surface area contributed by atoms with Gasteiger partial charge in [0, 0.05) is 50.4 Å². The van der Waals surface area contributed by atoms with Crippen LogP contribution in [0.25, 0.3) is 0 Å². The van der Waals surface area contributed by atoms with E-state index in [0.29, 0.717) is 25.4 Å². The third-order valence-corrected chi connectivity index (χ3v) is 5.98. The van der Waals surface area contributed by atoms with Crippen LogP contribution in [0.15, 0.2) is 58.3 Å². The first kappa shape index (κ1) is 18.6. The fourth-order valence-corrected chi connectivity index (χ4v) is 4.63. The average molecular weight is 405 g/mol. The van der Waals surface area contributed by atoms with E-state index in [1.165, 1.54) is 0 Å². The first-order chi connectivity index (χ1) is 14.7. The molecule has 5 rings (SSSR count). The molecular formula is C22H23N5O3. The predicted octanol–water partition coefficient (Wildman–Crippen LogP) is 1.83. The summed E-state index contributed by atoms with van der Waals surface area (Å²) in [6.07, 6.45) is 6.57. The van der Waals surface area contributed by atoms with E-state index in [1.54, 1.807) is 29.4 Å². The highest BCUT2D eigenvalue weighted by Crippen LogP contribution is 2.36. The molecule has 2 atom stereocenters. The number of hydrogen-bond acceptors (Lipinski definition) is 6. The van der Waals surface area contributed by atoms with Crippen LogP contribution in [0.1, 0.15) is 34.2 Å². The first-order valence-electron chi connectivity index (χ1n) is 10.2. The molecule has 8 heteroatoms. The van der Waals surface area contributed by atoms with Crippen molar-refractivity contribution in [2.75, 3.05) is 24.5 Å². The molecule has 1 fully saturated rings. The van der Waals surface area contributed by atoms with Crippen LogP contribution in [-0.4, -0.2) is 40.1 Å². The summed E-state index contributed by atoms with van der Waals surface area (Å²) in [4.78, 5) is 36.3. The van der Waals surface area contributed by atoms with Crippen LogP contribution >= 0.6 is 0 Å². The maximum Gasteiger partial charge on any atom is 0.263 e. The molecule has 2 aliphatic heterocycles. The second kappa shape index (κ2) is 7.78. The fraction of sp³-hybridized carbons (Fsp3) is 0.364. The van der Waals surface area contributed by atoms with E-state index in [9.17, 15) is 9.59 Å². The number of nitrogens with zero attached hydrogens (tertiary/aromatic N) is 4. The predicted molar refractivity (Wildman–Crippen MR) is 111 cm³/mol. The molecule has 5 heterocycles. The van der Waals surface area contributed by atoms with E-state index in [0.717, 1.165) is 36.8 Å². The summed E-state index contributed by atoms with van der Waals surface area (Å²) in [6.45, 7) is 2.70. The molecule has 0 aromatic carbocycles. The lowest BCUT2D eigenvalue weighted by atomic mass is 9.83. The molecule has 1 amide bonds. The van der Waals surface area contributed by atoms with Gasteiger partial charge in [-0.05, 0) is 42.7 Å². The summed E-state index contributed by atoms with van der Waals surface area (Å²) >= 11 is 0. The molecule has 2 bridgehead atoms. The van der Waals surface area contributed by atoms with E-state index < -0.39 is 0 Å². The largest absolute Gasteiger partial charge is 0.469 e. The standard InChI is InChI=1S/C22H23N5O3/c28-21(24-8-5-17-2-1-9-30-17)18-3-4-19-16-10-15(12-27(19)22(18)29)11-26(13-16)20-6-7-23-14-25-20/h1-4,6-7,9,14-16H,5,8,10-13H2,(H,24,28)/t15-,16+/m0/s1. The van der Waals surface area contributed by atoms with Gasteiger partial charge in [0.1, 0.15) is 23.5 Å². The molecule has 3 aromatic heterocycles. The van der Waals surface area contributed by atoms with E-state index in [1.807, 2.05) is 24.3 Å². The van der Waals surface area contributed by atoms with Gasteiger partial charge in [0.25, 0.3) is 11.5 Å². The van der Waals surface area contributed by atoms with Gasteiger partial charge >= 0.3 is 0 Å². The van der Waals surface area contributed by atoms with Gasteiger partial charge in [0.05, 0.1) is 6.26 Å². The molecule has 8 nitrogen and oxygen atoms in total. The monoisotopic (exact) mass is 405 g/mol. The Hall–Kier alpha value is -3.42. The minimum Gasteiger partial charge on any atom is -0.469 e. The van der Waals surface area contributed by atoms with Crippen molar-refractivity contribution in [2.45, 2.75) is 25.3 Å². The number of pyridine rings is 1. The van der Waals surface area contributed by atoms with Gasteiger partial charge in [-0.25, -0.2) is 9.97 Å².